The summed E-state index contributed by atoms with van der Waals surface area (Å²) in [5, 5.41) is 5.32. The van der Waals surface area contributed by atoms with Crippen LogP contribution in [0.15, 0.2) is 54.6 Å². The molecule has 0 heterocycles. The molecule has 3 aromatic rings. The summed E-state index contributed by atoms with van der Waals surface area (Å²) >= 11 is 0. The minimum absolute atomic E-state index is 0.00379. The van der Waals surface area contributed by atoms with Crippen LogP contribution < -0.4 is 19.7 Å². The van der Waals surface area contributed by atoms with Crippen molar-refractivity contribution in [2.45, 2.75) is 26.4 Å². The van der Waals surface area contributed by atoms with Gasteiger partial charge in [0.25, 0.3) is 5.91 Å². The Morgan fingerprint density at radius 1 is 1.00 bits per heavy atom. The van der Waals surface area contributed by atoms with Gasteiger partial charge >= 0.3 is 0 Å². The predicted octanol–water partition coefficient (Wildman–Crippen LogP) is 3.21. The monoisotopic (exact) mass is 393 g/mol. The van der Waals surface area contributed by atoms with Crippen LogP contribution in [-0.2, 0) is 11.3 Å². The Balaban J connectivity index is 1.70. The molecule has 2 N–H and O–H groups in total. The fraction of sp³-hybridized carbons (Fsp3) is 0.292. The van der Waals surface area contributed by atoms with Crippen molar-refractivity contribution in [3.63, 3.8) is 0 Å². The van der Waals surface area contributed by atoms with E-state index in [1.165, 1.54) is 0 Å². The van der Waals surface area contributed by atoms with Crippen LogP contribution in [0.1, 0.15) is 18.1 Å². The summed E-state index contributed by atoms with van der Waals surface area (Å²) in [7, 11) is 5.29. The van der Waals surface area contributed by atoms with Crippen LogP contribution >= 0.6 is 0 Å². The molecule has 5 heteroatoms. The Morgan fingerprint density at radius 2 is 1.66 bits per heavy atom. The maximum atomic E-state index is 12.8. The van der Waals surface area contributed by atoms with Gasteiger partial charge in [-0.3, -0.25) is 4.79 Å². The highest BCUT2D eigenvalue weighted by molar-refractivity contribution is 5.96. The van der Waals surface area contributed by atoms with E-state index >= 15 is 0 Å². The second kappa shape index (κ2) is 8.97. The van der Waals surface area contributed by atoms with Crippen LogP contribution in [0, 0.1) is 6.92 Å². The van der Waals surface area contributed by atoms with Crippen LogP contribution in [0.3, 0.4) is 0 Å². The summed E-state index contributed by atoms with van der Waals surface area (Å²) in [5.74, 6) is 1.42. The number of nitrogens with one attached hydrogen (secondary N) is 2. The zero-order valence-corrected chi connectivity index (χ0v) is 17.7. The van der Waals surface area contributed by atoms with Crippen LogP contribution in [0.5, 0.6) is 11.5 Å². The predicted molar refractivity (Wildman–Crippen MR) is 117 cm³/mol. The zero-order valence-electron chi connectivity index (χ0n) is 17.7. The summed E-state index contributed by atoms with van der Waals surface area (Å²) in [6.45, 7) is 4.70. The number of benzene rings is 3. The molecule has 0 aromatic heterocycles. The molecule has 0 saturated heterocycles. The van der Waals surface area contributed by atoms with Crippen molar-refractivity contribution in [1.82, 2.24) is 0 Å². The number of amides is 1. The largest absolute Gasteiger partial charge is 0.493 e. The fourth-order valence-electron chi connectivity index (χ4n) is 3.41. The molecular formula is C24H29N2O3+. The van der Waals surface area contributed by atoms with E-state index in [2.05, 4.69) is 11.4 Å². The van der Waals surface area contributed by atoms with Crippen molar-refractivity contribution in [2.24, 2.45) is 0 Å². The Labute approximate surface area is 172 Å². The van der Waals surface area contributed by atoms with Gasteiger partial charge in [0.15, 0.2) is 17.5 Å². The molecule has 0 aliphatic heterocycles. The first-order valence-electron chi connectivity index (χ1n) is 9.76. The number of hydrogen-bond acceptors (Lipinski definition) is 3. The Bertz CT molecular complexity index is 1020. The number of methoxy groups -OCH3 is 2. The summed E-state index contributed by atoms with van der Waals surface area (Å²) < 4.78 is 10.8. The van der Waals surface area contributed by atoms with Crippen molar-refractivity contribution in [1.29, 1.82) is 0 Å². The average Bonchev–Trinajstić information content (AvgIpc) is 2.73. The number of aryl methyl sites for hydroxylation is 1. The third-order valence-electron chi connectivity index (χ3n) is 5.46. The molecule has 0 bridgehead atoms. The quantitative estimate of drug-likeness (QED) is 0.648. The van der Waals surface area contributed by atoms with Crippen LogP contribution in [0.25, 0.3) is 10.8 Å². The molecule has 152 valence electrons. The van der Waals surface area contributed by atoms with E-state index in [1.807, 2.05) is 69.4 Å². The third kappa shape index (κ3) is 4.69. The molecule has 0 fully saturated rings. The lowest BCUT2D eigenvalue weighted by atomic mass is 10.1. The van der Waals surface area contributed by atoms with Crippen LogP contribution in [0.2, 0.25) is 0 Å². The molecule has 1 unspecified atom stereocenters. The van der Waals surface area contributed by atoms with Crippen molar-refractivity contribution in [3.8, 4) is 11.5 Å². The van der Waals surface area contributed by atoms with E-state index in [9.17, 15) is 4.79 Å². The van der Waals surface area contributed by atoms with Gasteiger partial charge in [0.1, 0.15) is 6.54 Å². The lowest BCUT2D eigenvalue weighted by Crippen LogP contribution is -3.12. The molecule has 29 heavy (non-hydrogen) atoms. The third-order valence-corrected chi connectivity index (χ3v) is 5.46. The topological polar surface area (TPSA) is 52.0 Å². The van der Waals surface area contributed by atoms with Crippen LogP contribution in [0.4, 0.5) is 5.69 Å². The highest BCUT2D eigenvalue weighted by Crippen LogP contribution is 2.30. The molecule has 0 aliphatic rings. The van der Waals surface area contributed by atoms with E-state index in [4.69, 9.17) is 9.47 Å². The van der Waals surface area contributed by atoms with Gasteiger partial charge in [-0.05, 0) is 54.4 Å². The van der Waals surface area contributed by atoms with Gasteiger partial charge in [0.2, 0.25) is 0 Å². The molecule has 2 atom stereocenters. The van der Waals surface area contributed by atoms with Gasteiger partial charge in [0.05, 0.1) is 21.3 Å². The summed E-state index contributed by atoms with van der Waals surface area (Å²) in [4.78, 5) is 13.9. The highest BCUT2D eigenvalue weighted by Gasteiger charge is 2.23. The standard InChI is InChI=1S/C24H28N2O3/c1-16-12-22(28-4)23(29-5)14-20(16)15-26(3)17(2)24(27)25-21-11-10-18-8-6-7-9-19(18)13-21/h6-14,17H,15H2,1-5H3,(H,25,27)/p+1/t17-/m0/s1. The van der Waals surface area contributed by atoms with E-state index in [0.717, 1.165) is 32.5 Å². The van der Waals surface area contributed by atoms with Crippen molar-refractivity contribution < 1.29 is 19.2 Å². The number of quaternary nitrogens is 1. The average molecular weight is 394 g/mol. The molecule has 3 rings (SSSR count). The van der Waals surface area contributed by atoms with Gasteiger partial charge in [0, 0.05) is 11.3 Å². The number of anilines is 1. The van der Waals surface area contributed by atoms with Gasteiger partial charge in [-0.15, -0.1) is 0 Å². The molecule has 0 saturated carbocycles. The number of carbonyl (C=O) groups excluding carboxylic acids is 1. The normalized spacial score (nSPS) is 13.0. The SMILES string of the molecule is COc1cc(C)c(C[NH+](C)[C@@H](C)C(=O)Nc2ccc3ccccc3c2)cc1OC. The summed E-state index contributed by atoms with van der Waals surface area (Å²) in [5.41, 5.74) is 3.06. The van der Waals surface area contributed by atoms with Gasteiger partial charge in [-0.1, -0.05) is 30.3 Å². The minimum atomic E-state index is -0.214. The van der Waals surface area contributed by atoms with Gasteiger partial charge < -0.3 is 19.7 Å². The Kier molecular flexibility index (Phi) is 6.39. The number of likely N-dealkylation sites (N-methyl/N-ethyl adjacent to an activating group) is 1. The molecule has 0 aliphatic carbocycles. The van der Waals surface area contributed by atoms with E-state index in [-0.39, 0.29) is 11.9 Å². The number of carbonyl (C=O) groups is 1. The number of ether oxygens (including phenoxy) is 2. The number of fused-ring (bicyclic) bond motifs is 1. The summed E-state index contributed by atoms with van der Waals surface area (Å²) in [6, 6.07) is 17.9. The first-order valence-corrected chi connectivity index (χ1v) is 9.76. The van der Waals surface area contributed by atoms with Crippen molar-refractivity contribution in [2.75, 3.05) is 26.6 Å². The molecule has 0 radical (unpaired) electrons. The Hall–Kier alpha value is -3.05. The smallest absolute Gasteiger partial charge is 0.282 e. The highest BCUT2D eigenvalue weighted by atomic mass is 16.5. The first-order chi connectivity index (χ1) is 13.9. The zero-order chi connectivity index (χ0) is 21.0. The second-order valence-corrected chi connectivity index (χ2v) is 7.43. The fourth-order valence-corrected chi connectivity index (χ4v) is 3.41. The van der Waals surface area contributed by atoms with Crippen LogP contribution in [-0.4, -0.2) is 33.2 Å². The summed E-state index contributed by atoms with van der Waals surface area (Å²) in [6.07, 6.45) is 0. The molecule has 0 spiro atoms. The first kappa shape index (κ1) is 20.7. The maximum Gasteiger partial charge on any atom is 0.282 e. The van der Waals surface area contributed by atoms with E-state index < -0.39 is 0 Å². The minimum Gasteiger partial charge on any atom is -0.493 e. The molecule has 3 aromatic carbocycles. The van der Waals surface area contributed by atoms with E-state index in [0.29, 0.717) is 18.0 Å². The maximum absolute atomic E-state index is 12.8. The van der Waals surface area contributed by atoms with Gasteiger partial charge in [-0.2, -0.15) is 0 Å². The Morgan fingerprint density at radius 3 is 2.34 bits per heavy atom. The molecular weight excluding hydrogens is 364 g/mol. The lowest BCUT2D eigenvalue weighted by Gasteiger charge is -2.22. The number of rotatable bonds is 7. The van der Waals surface area contributed by atoms with Crippen molar-refractivity contribution in [3.05, 3.63) is 65.7 Å². The molecule has 1 amide bonds. The van der Waals surface area contributed by atoms with Crippen molar-refractivity contribution >= 4 is 22.4 Å². The number of hydrogen-bond donors (Lipinski definition) is 2. The lowest BCUT2D eigenvalue weighted by molar-refractivity contribution is -0.907. The molecule has 5 nitrogen and oxygen atoms in total. The van der Waals surface area contributed by atoms with Gasteiger partial charge in [-0.25, -0.2) is 0 Å². The second-order valence-electron chi connectivity index (χ2n) is 7.43. The van der Waals surface area contributed by atoms with E-state index in [1.54, 1.807) is 14.2 Å².